The Balaban J connectivity index is 1.22. The third-order valence-electron chi connectivity index (χ3n) is 8.77. The van der Waals surface area contributed by atoms with E-state index >= 15 is 0 Å². The summed E-state index contributed by atoms with van der Waals surface area (Å²) in [6, 6.07) is 21.1. The second-order valence-corrected chi connectivity index (χ2v) is 11.3. The molecule has 1 fully saturated rings. The number of carbonyl (C=O) groups is 2. The van der Waals surface area contributed by atoms with Crippen LogP contribution in [0.3, 0.4) is 0 Å². The van der Waals surface area contributed by atoms with Crippen molar-refractivity contribution < 1.29 is 19.1 Å². The third-order valence-corrected chi connectivity index (χ3v) is 8.77. The van der Waals surface area contributed by atoms with Gasteiger partial charge in [0.1, 0.15) is 11.9 Å². The Labute approximate surface area is 222 Å². The van der Waals surface area contributed by atoms with Crippen LogP contribution in [0.5, 0.6) is 0 Å². The van der Waals surface area contributed by atoms with Gasteiger partial charge in [0.15, 0.2) is 0 Å². The Kier molecular flexibility index (Phi) is 9.23. The fourth-order valence-corrected chi connectivity index (χ4v) is 6.16. The predicted octanol–water partition coefficient (Wildman–Crippen LogP) is 7.46. The fraction of sp³-hybridized carbons (Fsp3) is 0.515. The first-order chi connectivity index (χ1) is 17.9. The van der Waals surface area contributed by atoms with Crippen molar-refractivity contribution >= 4 is 11.8 Å². The van der Waals surface area contributed by atoms with Gasteiger partial charge in [0.05, 0.1) is 12.9 Å². The fourth-order valence-electron chi connectivity index (χ4n) is 6.16. The van der Waals surface area contributed by atoms with Crippen LogP contribution in [-0.2, 0) is 29.9 Å². The van der Waals surface area contributed by atoms with Crippen molar-refractivity contribution in [1.29, 1.82) is 0 Å². The summed E-state index contributed by atoms with van der Waals surface area (Å²) < 4.78 is 11.3. The van der Waals surface area contributed by atoms with E-state index in [1.165, 1.54) is 11.1 Å². The van der Waals surface area contributed by atoms with E-state index in [-0.39, 0.29) is 22.9 Å². The molecule has 2 aromatic rings. The molecule has 4 rings (SSSR count). The van der Waals surface area contributed by atoms with Gasteiger partial charge in [-0.05, 0) is 49.3 Å². The number of unbranched alkanes of at least 4 members (excludes halogenated alkanes) is 2. The lowest BCUT2D eigenvalue weighted by Crippen LogP contribution is -2.36. The molecule has 2 aliphatic heterocycles. The van der Waals surface area contributed by atoms with E-state index < -0.39 is 0 Å². The van der Waals surface area contributed by atoms with Crippen molar-refractivity contribution in [2.45, 2.75) is 95.0 Å². The molecule has 1 saturated heterocycles. The van der Waals surface area contributed by atoms with Gasteiger partial charge in [-0.25, -0.2) is 0 Å². The summed E-state index contributed by atoms with van der Waals surface area (Å²) in [5, 5.41) is 0. The summed E-state index contributed by atoms with van der Waals surface area (Å²) in [5.41, 5.74) is 2.36. The number of Topliss-reactive ketones (excluding diaryl/α,β-unsaturated/α-hetero) is 1. The van der Waals surface area contributed by atoms with E-state index in [4.69, 9.17) is 9.47 Å². The number of ether oxygens (including phenoxy) is 2. The van der Waals surface area contributed by atoms with E-state index in [9.17, 15) is 9.59 Å². The second kappa shape index (κ2) is 12.6. The highest BCUT2D eigenvalue weighted by molar-refractivity contribution is 5.78. The molecule has 2 aliphatic rings. The van der Waals surface area contributed by atoms with Gasteiger partial charge in [0.2, 0.25) is 0 Å². The first kappa shape index (κ1) is 27.2. The third kappa shape index (κ3) is 6.71. The highest BCUT2D eigenvalue weighted by Crippen LogP contribution is 2.41. The maximum Gasteiger partial charge on any atom is 0.306 e. The Morgan fingerprint density at radius 1 is 0.838 bits per heavy atom. The summed E-state index contributed by atoms with van der Waals surface area (Å²) in [7, 11) is 0. The molecule has 4 heteroatoms. The van der Waals surface area contributed by atoms with Crippen molar-refractivity contribution in [2.75, 3.05) is 6.61 Å². The van der Waals surface area contributed by atoms with Gasteiger partial charge in [-0.3, -0.25) is 9.59 Å². The molecule has 0 N–H and O–H groups in total. The van der Waals surface area contributed by atoms with Crippen LogP contribution in [0.25, 0.3) is 0 Å². The average Bonchev–Trinajstić information content (AvgIpc) is 3.63. The number of carbonyl (C=O) groups excluding carboxylic acids is 2. The lowest BCUT2D eigenvalue weighted by molar-refractivity contribution is -0.143. The monoisotopic (exact) mass is 502 g/mol. The number of esters is 1. The highest BCUT2D eigenvalue weighted by Gasteiger charge is 2.41. The molecular weight excluding hydrogens is 460 g/mol. The maximum atomic E-state index is 12.7. The van der Waals surface area contributed by atoms with Crippen LogP contribution in [0.1, 0.15) is 89.2 Å². The van der Waals surface area contributed by atoms with Gasteiger partial charge in [-0.15, -0.1) is 0 Å². The molecule has 37 heavy (non-hydrogen) atoms. The number of rotatable bonds is 14. The molecule has 2 aromatic carbocycles. The molecule has 4 nitrogen and oxygen atoms in total. The largest absolute Gasteiger partial charge is 0.501 e. The van der Waals surface area contributed by atoms with Crippen LogP contribution in [0.15, 0.2) is 73.0 Å². The Hall–Kier alpha value is -2.88. The van der Waals surface area contributed by atoms with E-state index in [1.807, 2.05) is 24.5 Å². The van der Waals surface area contributed by atoms with Crippen LogP contribution >= 0.6 is 0 Å². The molecule has 0 saturated carbocycles. The number of benzene rings is 2. The zero-order valence-electron chi connectivity index (χ0n) is 22.5. The van der Waals surface area contributed by atoms with Crippen LogP contribution in [0.4, 0.5) is 0 Å². The molecule has 198 valence electrons. The first-order valence-electron chi connectivity index (χ1n) is 14.0. The molecule has 4 unspecified atom stereocenters. The number of ketones is 1. The number of cyclic esters (lactones) is 1. The number of hydrogen-bond donors (Lipinski definition) is 0. The molecule has 2 heterocycles. The summed E-state index contributed by atoms with van der Waals surface area (Å²) >= 11 is 0. The normalized spacial score (nSPS) is 22.2. The quantitative estimate of drug-likeness (QED) is 0.199. The van der Waals surface area contributed by atoms with Crippen molar-refractivity contribution in [1.82, 2.24) is 0 Å². The molecule has 0 spiro atoms. The minimum Gasteiger partial charge on any atom is -0.501 e. The molecule has 0 amide bonds. The zero-order valence-corrected chi connectivity index (χ0v) is 22.5. The second-order valence-electron chi connectivity index (χ2n) is 11.3. The van der Waals surface area contributed by atoms with Crippen molar-refractivity contribution in [2.24, 2.45) is 5.92 Å². The molecular formula is C33H42O4. The Bertz CT molecular complexity index is 1050. The lowest BCUT2D eigenvalue weighted by Gasteiger charge is -2.35. The van der Waals surface area contributed by atoms with Gasteiger partial charge >= 0.3 is 5.97 Å². The summed E-state index contributed by atoms with van der Waals surface area (Å²) in [4.78, 5) is 24.5. The zero-order chi connectivity index (χ0) is 26.1. The number of hydrogen-bond acceptors (Lipinski definition) is 4. The summed E-state index contributed by atoms with van der Waals surface area (Å²) in [5.74, 6) is 0.630. The SMILES string of the molecule is CC(CCCCC(=O)CCCCC(C)(c1ccccc1)C1CCC(=O)O1)(c1ccccc1)C1C=COC1. The molecule has 0 radical (unpaired) electrons. The van der Waals surface area contributed by atoms with Gasteiger partial charge in [0, 0.05) is 36.0 Å². The first-order valence-corrected chi connectivity index (χ1v) is 14.0. The maximum absolute atomic E-state index is 12.7. The Morgan fingerprint density at radius 3 is 1.92 bits per heavy atom. The van der Waals surface area contributed by atoms with E-state index in [1.54, 1.807) is 0 Å². The molecule has 0 bridgehead atoms. The minimum absolute atomic E-state index is 0.0168. The average molecular weight is 503 g/mol. The van der Waals surface area contributed by atoms with Gasteiger partial charge < -0.3 is 9.47 Å². The van der Waals surface area contributed by atoms with Crippen LogP contribution in [0, 0.1) is 5.92 Å². The van der Waals surface area contributed by atoms with E-state index in [2.05, 4.69) is 62.4 Å². The minimum atomic E-state index is -0.212. The summed E-state index contributed by atoms with van der Waals surface area (Å²) in [6.07, 6.45) is 12.2. The smallest absolute Gasteiger partial charge is 0.306 e. The topological polar surface area (TPSA) is 52.6 Å². The molecule has 0 aromatic heterocycles. The van der Waals surface area contributed by atoms with Crippen LogP contribution in [0.2, 0.25) is 0 Å². The lowest BCUT2D eigenvalue weighted by atomic mass is 9.69. The van der Waals surface area contributed by atoms with Crippen molar-refractivity contribution in [3.8, 4) is 0 Å². The predicted molar refractivity (Wildman–Crippen MR) is 147 cm³/mol. The summed E-state index contributed by atoms with van der Waals surface area (Å²) in [6.45, 7) is 5.27. The van der Waals surface area contributed by atoms with E-state index in [0.717, 1.165) is 51.6 Å². The highest BCUT2D eigenvalue weighted by atomic mass is 16.6. The van der Waals surface area contributed by atoms with Crippen LogP contribution < -0.4 is 0 Å². The van der Waals surface area contributed by atoms with Gasteiger partial charge in [0.25, 0.3) is 0 Å². The van der Waals surface area contributed by atoms with Crippen molar-refractivity contribution in [3.63, 3.8) is 0 Å². The van der Waals surface area contributed by atoms with Crippen LogP contribution in [-0.4, -0.2) is 24.5 Å². The standard InChI is InChI=1S/C33H42O4/c1-32(28-21-24-36-25-28,26-13-5-3-6-14-26)22-11-9-17-29(34)18-10-12-23-33(2,27-15-7-4-8-16-27)30-19-20-31(35)37-30/h3-8,13-16,21,24,28,30H,9-12,17-20,22-23,25H2,1-2H3. The van der Waals surface area contributed by atoms with Gasteiger partial charge in [-0.1, -0.05) is 87.4 Å². The Morgan fingerprint density at radius 2 is 1.41 bits per heavy atom. The van der Waals surface area contributed by atoms with E-state index in [0.29, 0.717) is 31.0 Å². The van der Waals surface area contributed by atoms with Gasteiger partial charge in [-0.2, -0.15) is 0 Å². The van der Waals surface area contributed by atoms with Crippen molar-refractivity contribution in [3.05, 3.63) is 84.1 Å². The molecule has 0 aliphatic carbocycles. The molecule has 4 atom stereocenters.